The summed E-state index contributed by atoms with van der Waals surface area (Å²) in [6, 6.07) is 4.61. The molecule has 1 aromatic carbocycles. The van der Waals surface area contributed by atoms with Crippen molar-refractivity contribution in [2.45, 2.75) is 40.5 Å². The van der Waals surface area contributed by atoms with E-state index in [0.717, 1.165) is 32.7 Å². The second-order valence-electron chi connectivity index (χ2n) is 6.14. The maximum absolute atomic E-state index is 5.69. The highest BCUT2D eigenvalue weighted by atomic mass is 16.5. The van der Waals surface area contributed by atoms with E-state index >= 15 is 0 Å². The lowest BCUT2D eigenvalue weighted by molar-refractivity contribution is 0.149. The zero-order valence-electron chi connectivity index (χ0n) is 12.8. The number of aryl methyl sites for hydroxylation is 3. The van der Waals surface area contributed by atoms with Gasteiger partial charge in [0.15, 0.2) is 0 Å². The van der Waals surface area contributed by atoms with E-state index in [-0.39, 0.29) is 0 Å². The van der Waals surface area contributed by atoms with Crippen LogP contribution in [0, 0.1) is 26.2 Å². The molecular formula is C17H27NO. The predicted octanol–water partition coefficient (Wildman–Crippen LogP) is 3.17. The van der Waals surface area contributed by atoms with Crippen LogP contribution in [0.1, 0.15) is 35.6 Å². The summed E-state index contributed by atoms with van der Waals surface area (Å²) in [6.07, 6.45) is 2.31. The maximum atomic E-state index is 5.69. The Bertz CT molecular complexity index is 410. The molecule has 0 saturated carbocycles. The minimum Gasteiger partial charge on any atom is -0.381 e. The Morgan fingerprint density at radius 2 is 1.89 bits per heavy atom. The van der Waals surface area contributed by atoms with Crippen molar-refractivity contribution in [1.29, 1.82) is 0 Å². The molecule has 0 radical (unpaired) electrons. The molecule has 0 bridgehead atoms. The van der Waals surface area contributed by atoms with Gasteiger partial charge in [0, 0.05) is 18.6 Å². The van der Waals surface area contributed by atoms with Gasteiger partial charge in [0.1, 0.15) is 0 Å². The van der Waals surface area contributed by atoms with Crippen molar-refractivity contribution < 1.29 is 4.74 Å². The summed E-state index contributed by atoms with van der Waals surface area (Å²) in [4.78, 5) is 0. The van der Waals surface area contributed by atoms with Crippen LogP contribution in [0.3, 0.4) is 0 Å². The van der Waals surface area contributed by atoms with Crippen LogP contribution in [0.5, 0.6) is 0 Å². The van der Waals surface area contributed by atoms with Crippen molar-refractivity contribution in [3.8, 4) is 0 Å². The van der Waals surface area contributed by atoms with E-state index in [1.54, 1.807) is 0 Å². The average Bonchev–Trinajstić information content (AvgIpc) is 2.80. The highest BCUT2D eigenvalue weighted by Gasteiger charge is 2.35. The third-order valence-electron chi connectivity index (χ3n) is 4.33. The first-order valence-electron chi connectivity index (χ1n) is 7.41. The molecule has 1 atom stereocenters. The van der Waals surface area contributed by atoms with E-state index in [4.69, 9.17) is 4.74 Å². The number of hydrogen-bond acceptors (Lipinski definition) is 2. The number of hydrogen-bond donors (Lipinski definition) is 1. The molecule has 2 nitrogen and oxygen atoms in total. The first kappa shape index (κ1) is 14.5. The Morgan fingerprint density at radius 1 is 1.21 bits per heavy atom. The molecule has 1 aromatic rings. The summed E-state index contributed by atoms with van der Waals surface area (Å²) < 4.78 is 5.69. The summed E-state index contributed by atoms with van der Waals surface area (Å²) in [5, 5.41) is 3.52. The third kappa shape index (κ3) is 3.37. The molecule has 19 heavy (non-hydrogen) atoms. The molecule has 0 aromatic heterocycles. The largest absolute Gasteiger partial charge is 0.381 e. The number of ether oxygens (including phenoxy) is 1. The molecule has 106 valence electrons. The van der Waals surface area contributed by atoms with E-state index in [0.29, 0.717) is 5.41 Å². The molecule has 0 spiro atoms. The second-order valence-corrected chi connectivity index (χ2v) is 6.14. The van der Waals surface area contributed by atoms with Gasteiger partial charge in [0.2, 0.25) is 0 Å². The van der Waals surface area contributed by atoms with E-state index in [1.807, 2.05) is 0 Å². The topological polar surface area (TPSA) is 21.3 Å². The van der Waals surface area contributed by atoms with Gasteiger partial charge < -0.3 is 10.1 Å². The Kier molecular flexibility index (Phi) is 4.64. The summed E-state index contributed by atoms with van der Waals surface area (Å²) in [5.74, 6) is 0. The molecule has 1 unspecified atom stereocenters. The quantitative estimate of drug-likeness (QED) is 0.879. The Hall–Kier alpha value is -0.860. The molecule has 1 aliphatic heterocycles. The van der Waals surface area contributed by atoms with Crippen LogP contribution in [-0.4, -0.2) is 26.3 Å². The van der Waals surface area contributed by atoms with Crippen LogP contribution < -0.4 is 5.32 Å². The molecule has 2 rings (SSSR count). The lowest BCUT2D eigenvalue weighted by Gasteiger charge is -2.29. The highest BCUT2D eigenvalue weighted by Crippen LogP contribution is 2.34. The predicted molar refractivity (Wildman–Crippen MR) is 80.8 cm³/mol. The van der Waals surface area contributed by atoms with Crippen molar-refractivity contribution in [3.05, 3.63) is 34.4 Å². The van der Waals surface area contributed by atoms with Crippen LogP contribution in [0.15, 0.2) is 12.1 Å². The minimum atomic E-state index is 0.292. The fraction of sp³-hybridized carbons (Fsp3) is 0.647. The Labute approximate surface area is 117 Å². The first-order valence-corrected chi connectivity index (χ1v) is 7.41. The average molecular weight is 261 g/mol. The van der Waals surface area contributed by atoms with Gasteiger partial charge >= 0.3 is 0 Å². The third-order valence-corrected chi connectivity index (χ3v) is 4.33. The zero-order chi connectivity index (χ0) is 13.9. The lowest BCUT2D eigenvalue weighted by atomic mass is 9.78. The maximum Gasteiger partial charge on any atom is 0.0538 e. The van der Waals surface area contributed by atoms with E-state index in [9.17, 15) is 0 Å². The van der Waals surface area contributed by atoms with E-state index in [2.05, 4.69) is 45.1 Å². The van der Waals surface area contributed by atoms with E-state index < -0.39 is 0 Å². The van der Waals surface area contributed by atoms with Crippen LogP contribution in [0.4, 0.5) is 0 Å². The van der Waals surface area contributed by atoms with Crippen molar-refractivity contribution in [3.63, 3.8) is 0 Å². The molecule has 1 fully saturated rings. The van der Waals surface area contributed by atoms with Gasteiger partial charge in [-0.3, -0.25) is 0 Å². The van der Waals surface area contributed by atoms with Gasteiger partial charge in [-0.05, 0) is 56.8 Å². The standard InChI is InChI=1S/C17H27NO/c1-5-18-11-17(6-7-19-12-17)10-16-14(3)8-13(2)9-15(16)4/h8-9,18H,5-7,10-12H2,1-4H3. The van der Waals surface area contributed by atoms with Crippen molar-refractivity contribution >= 4 is 0 Å². The molecular weight excluding hydrogens is 234 g/mol. The lowest BCUT2D eigenvalue weighted by Crippen LogP contribution is -2.37. The van der Waals surface area contributed by atoms with Crippen LogP contribution >= 0.6 is 0 Å². The molecule has 1 N–H and O–H groups in total. The van der Waals surface area contributed by atoms with Crippen LogP contribution in [0.2, 0.25) is 0 Å². The molecule has 1 heterocycles. The van der Waals surface area contributed by atoms with Crippen molar-refractivity contribution in [2.75, 3.05) is 26.3 Å². The molecule has 0 aliphatic carbocycles. The van der Waals surface area contributed by atoms with Gasteiger partial charge in [-0.15, -0.1) is 0 Å². The fourth-order valence-corrected chi connectivity index (χ4v) is 3.24. The number of nitrogens with one attached hydrogen (secondary N) is 1. The smallest absolute Gasteiger partial charge is 0.0538 e. The highest BCUT2D eigenvalue weighted by molar-refractivity contribution is 5.38. The van der Waals surface area contributed by atoms with Crippen LogP contribution in [-0.2, 0) is 11.2 Å². The van der Waals surface area contributed by atoms with Crippen molar-refractivity contribution in [2.24, 2.45) is 5.41 Å². The van der Waals surface area contributed by atoms with Gasteiger partial charge in [-0.1, -0.05) is 24.6 Å². The molecule has 1 saturated heterocycles. The van der Waals surface area contributed by atoms with E-state index in [1.165, 1.54) is 28.7 Å². The summed E-state index contributed by atoms with van der Waals surface area (Å²) in [5.41, 5.74) is 6.04. The van der Waals surface area contributed by atoms with Gasteiger partial charge in [0.25, 0.3) is 0 Å². The zero-order valence-corrected chi connectivity index (χ0v) is 12.8. The summed E-state index contributed by atoms with van der Waals surface area (Å²) in [7, 11) is 0. The number of rotatable bonds is 5. The van der Waals surface area contributed by atoms with Gasteiger partial charge in [-0.25, -0.2) is 0 Å². The first-order chi connectivity index (χ1) is 9.06. The normalized spacial score (nSPS) is 22.9. The monoisotopic (exact) mass is 261 g/mol. The molecule has 0 amide bonds. The summed E-state index contributed by atoms with van der Waals surface area (Å²) >= 11 is 0. The second kappa shape index (κ2) is 6.06. The van der Waals surface area contributed by atoms with Gasteiger partial charge in [-0.2, -0.15) is 0 Å². The van der Waals surface area contributed by atoms with Crippen LogP contribution in [0.25, 0.3) is 0 Å². The summed E-state index contributed by atoms with van der Waals surface area (Å²) in [6.45, 7) is 12.7. The molecule has 1 aliphatic rings. The Balaban J connectivity index is 2.22. The van der Waals surface area contributed by atoms with Gasteiger partial charge in [0.05, 0.1) is 6.61 Å². The Morgan fingerprint density at radius 3 is 2.42 bits per heavy atom. The minimum absolute atomic E-state index is 0.292. The molecule has 2 heteroatoms. The SMILES string of the molecule is CCNCC1(Cc2c(C)cc(C)cc2C)CCOC1. The van der Waals surface area contributed by atoms with Crippen molar-refractivity contribution in [1.82, 2.24) is 5.32 Å². The fourth-order valence-electron chi connectivity index (χ4n) is 3.24. The number of benzene rings is 1.